The van der Waals surface area contributed by atoms with Gasteiger partial charge in [-0.3, -0.25) is 0 Å². The molecule has 0 radical (unpaired) electrons. The van der Waals surface area contributed by atoms with Crippen molar-refractivity contribution in [2.75, 3.05) is 6.54 Å². The first-order chi connectivity index (χ1) is 17.8. The predicted octanol–water partition coefficient (Wildman–Crippen LogP) is 9.88. The van der Waals surface area contributed by atoms with Gasteiger partial charge in [-0.05, 0) is 32.1 Å². The normalized spacial score (nSPS) is 11.8. The van der Waals surface area contributed by atoms with Crippen molar-refractivity contribution in [1.29, 1.82) is 0 Å². The molecule has 3 aromatic rings. The number of nitrogens with zero attached hydrogens (tertiary/aromatic N) is 1. The van der Waals surface area contributed by atoms with Crippen molar-refractivity contribution in [3.05, 3.63) is 120 Å². The van der Waals surface area contributed by atoms with Crippen molar-refractivity contribution >= 4 is 0 Å². The second kappa shape index (κ2) is 16.9. The number of rotatable bonds is 18. The van der Waals surface area contributed by atoms with Crippen LogP contribution in [-0.2, 0) is 19.6 Å². The van der Waals surface area contributed by atoms with Gasteiger partial charge < -0.3 is 4.48 Å². The fourth-order valence-corrected chi connectivity index (χ4v) is 5.37. The third-order valence-corrected chi connectivity index (χ3v) is 7.24. The van der Waals surface area contributed by atoms with Crippen LogP contribution in [0.2, 0.25) is 0 Å². The Labute approximate surface area is 221 Å². The van der Waals surface area contributed by atoms with Crippen LogP contribution in [0.4, 0.5) is 0 Å². The Balaban J connectivity index is 1.58. The van der Waals surface area contributed by atoms with E-state index in [2.05, 4.69) is 110 Å². The summed E-state index contributed by atoms with van der Waals surface area (Å²) in [6.07, 6.45) is 18.0. The molecule has 192 valence electrons. The van der Waals surface area contributed by atoms with E-state index in [0.29, 0.717) is 0 Å². The third-order valence-electron chi connectivity index (χ3n) is 7.24. The van der Waals surface area contributed by atoms with Crippen LogP contribution >= 0.6 is 0 Å². The molecule has 1 nitrogen and oxygen atoms in total. The van der Waals surface area contributed by atoms with Crippen LogP contribution in [-0.4, -0.2) is 11.0 Å². The van der Waals surface area contributed by atoms with E-state index in [4.69, 9.17) is 0 Å². The molecule has 3 aromatic carbocycles. The number of allylic oxidation sites excluding steroid dienone is 2. The molecule has 0 N–H and O–H groups in total. The molecule has 1 heteroatoms. The minimum absolute atomic E-state index is 1.08. The molecular weight excluding hydrogens is 434 g/mol. The Morgan fingerprint density at radius 2 is 0.861 bits per heavy atom. The first-order valence-electron chi connectivity index (χ1n) is 14.4. The molecule has 0 amide bonds. The lowest BCUT2D eigenvalue weighted by Gasteiger charge is -2.39. The van der Waals surface area contributed by atoms with Crippen LogP contribution in [0.3, 0.4) is 0 Å². The van der Waals surface area contributed by atoms with Gasteiger partial charge in [0.25, 0.3) is 0 Å². The summed E-state index contributed by atoms with van der Waals surface area (Å²) in [5, 5.41) is 0. The Bertz CT molecular complexity index is 844. The monoisotopic (exact) mass is 482 g/mol. The number of hydrogen-bond donors (Lipinski definition) is 0. The van der Waals surface area contributed by atoms with E-state index in [1.807, 2.05) is 0 Å². The minimum atomic E-state index is 1.08. The summed E-state index contributed by atoms with van der Waals surface area (Å²) < 4.78 is 1.09. The highest BCUT2D eigenvalue weighted by molar-refractivity contribution is 5.17. The van der Waals surface area contributed by atoms with Gasteiger partial charge in [-0.25, -0.2) is 0 Å². The molecule has 0 heterocycles. The van der Waals surface area contributed by atoms with E-state index in [0.717, 1.165) is 24.1 Å². The molecule has 0 atom stereocenters. The number of hydrogen-bond acceptors (Lipinski definition) is 0. The SMILES string of the molecule is CC/C=C/CCCCCCCCCC[N+](Cc1ccccc1)(Cc1ccccc1)Cc1ccccc1. The fraction of sp³-hybridized carbons (Fsp3) is 0.429. The third kappa shape index (κ3) is 11.0. The average molecular weight is 483 g/mol. The van der Waals surface area contributed by atoms with Crippen molar-refractivity contribution in [3.63, 3.8) is 0 Å². The molecule has 0 aliphatic rings. The van der Waals surface area contributed by atoms with Gasteiger partial charge in [-0.1, -0.05) is 142 Å². The van der Waals surface area contributed by atoms with Crippen LogP contribution in [0.15, 0.2) is 103 Å². The number of unbranched alkanes of at least 4 members (excludes halogenated alkanes) is 8. The van der Waals surface area contributed by atoms with Crippen LogP contribution in [0.5, 0.6) is 0 Å². The molecule has 0 aromatic heterocycles. The summed E-state index contributed by atoms with van der Waals surface area (Å²) in [6, 6.07) is 33.4. The van der Waals surface area contributed by atoms with Crippen LogP contribution in [0.25, 0.3) is 0 Å². The molecule has 36 heavy (non-hydrogen) atoms. The predicted molar refractivity (Wildman–Crippen MR) is 157 cm³/mol. The molecule has 0 saturated heterocycles. The lowest BCUT2D eigenvalue weighted by molar-refractivity contribution is -0.966. The highest BCUT2D eigenvalue weighted by Gasteiger charge is 2.28. The minimum Gasteiger partial charge on any atom is -0.312 e. The van der Waals surface area contributed by atoms with Gasteiger partial charge in [-0.2, -0.15) is 0 Å². The lowest BCUT2D eigenvalue weighted by Crippen LogP contribution is -2.46. The average Bonchev–Trinajstić information content (AvgIpc) is 2.91. The van der Waals surface area contributed by atoms with Crippen LogP contribution in [0, 0.1) is 0 Å². The molecule has 0 aliphatic carbocycles. The Morgan fingerprint density at radius 3 is 1.28 bits per heavy atom. The van der Waals surface area contributed by atoms with Gasteiger partial charge in [0, 0.05) is 16.7 Å². The zero-order valence-corrected chi connectivity index (χ0v) is 22.7. The van der Waals surface area contributed by atoms with Crippen LogP contribution < -0.4 is 0 Å². The Hall–Kier alpha value is -2.64. The maximum absolute atomic E-state index is 2.35. The maximum atomic E-state index is 2.35. The van der Waals surface area contributed by atoms with E-state index in [1.165, 1.54) is 87.4 Å². The van der Waals surface area contributed by atoms with Crippen LogP contribution in [0.1, 0.15) is 87.8 Å². The smallest absolute Gasteiger partial charge is 0.105 e. The maximum Gasteiger partial charge on any atom is 0.105 e. The summed E-state index contributed by atoms with van der Waals surface area (Å²) in [6.45, 7) is 6.68. The van der Waals surface area contributed by atoms with E-state index in [9.17, 15) is 0 Å². The van der Waals surface area contributed by atoms with E-state index in [-0.39, 0.29) is 0 Å². The quantitative estimate of drug-likeness (QED) is 0.0961. The van der Waals surface area contributed by atoms with E-state index in [1.54, 1.807) is 0 Å². The van der Waals surface area contributed by atoms with Gasteiger partial charge in [-0.15, -0.1) is 0 Å². The van der Waals surface area contributed by atoms with Crippen molar-refractivity contribution < 1.29 is 4.48 Å². The molecule has 0 bridgehead atoms. The number of benzene rings is 3. The molecule has 0 unspecified atom stereocenters. The largest absolute Gasteiger partial charge is 0.312 e. The van der Waals surface area contributed by atoms with Crippen molar-refractivity contribution in [1.82, 2.24) is 0 Å². The highest BCUT2D eigenvalue weighted by atomic mass is 15.3. The lowest BCUT2D eigenvalue weighted by atomic mass is 10.0. The first kappa shape index (κ1) is 27.9. The fourth-order valence-electron chi connectivity index (χ4n) is 5.37. The highest BCUT2D eigenvalue weighted by Crippen LogP contribution is 2.26. The van der Waals surface area contributed by atoms with Gasteiger partial charge in [0.1, 0.15) is 19.6 Å². The second-order valence-electron chi connectivity index (χ2n) is 10.5. The van der Waals surface area contributed by atoms with Crippen molar-refractivity contribution in [2.24, 2.45) is 0 Å². The van der Waals surface area contributed by atoms with Crippen molar-refractivity contribution in [2.45, 2.75) is 90.8 Å². The van der Waals surface area contributed by atoms with Crippen molar-refractivity contribution in [3.8, 4) is 0 Å². The number of quaternary nitrogens is 1. The molecule has 0 fully saturated rings. The van der Waals surface area contributed by atoms with Gasteiger partial charge in [0.15, 0.2) is 0 Å². The second-order valence-corrected chi connectivity index (χ2v) is 10.5. The van der Waals surface area contributed by atoms with Gasteiger partial charge >= 0.3 is 0 Å². The molecule has 3 rings (SSSR count). The molecule has 0 spiro atoms. The molecule has 0 saturated carbocycles. The zero-order valence-electron chi connectivity index (χ0n) is 22.7. The van der Waals surface area contributed by atoms with Gasteiger partial charge in [0.2, 0.25) is 0 Å². The van der Waals surface area contributed by atoms with Gasteiger partial charge in [0.05, 0.1) is 6.54 Å². The summed E-state index contributed by atoms with van der Waals surface area (Å²) >= 11 is 0. The topological polar surface area (TPSA) is 0 Å². The first-order valence-corrected chi connectivity index (χ1v) is 14.4. The summed E-state index contributed by atoms with van der Waals surface area (Å²) in [5.41, 5.74) is 4.33. The molecule has 0 aliphatic heterocycles. The molecular formula is C35H48N+. The summed E-state index contributed by atoms with van der Waals surface area (Å²) in [7, 11) is 0. The Kier molecular flexibility index (Phi) is 13.1. The standard InChI is InChI=1S/C35H48N/c1-2-3-4-5-6-7-8-9-10-11-12-22-29-36(30-33-23-16-13-17-24-33,31-34-25-18-14-19-26-34)32-35-27-20-15-21-28-35/h3-4,13-21,23-28H,2,5-12,22,29-32H2,1H3/q+1/b4-3+. The van der Waals surface area contributed by atoms with E-state index >= 15 is 0 Å². The van der Waals surface area contributed by atoms with E-state index < -0.39 is 0 Å². The summed E-state index contributed by atoms with van der Waals surface area (Å²) in [4.78, 5) is 0. The Morgan fingerprint density at radius 1 is 0.472 bits per heavy atom. The summed E-state index contributed by atoms with van der Waals surface area (Å²) in [5.74, 6) is 0. The zero-order chi connectivity index (χ0) is 25.2.